The van der Waals surface area contributed by atoms with Crippen LogP contribution in [0.1, 0.15) is 10.4 Å². The predicted octanol–water partition coefficient (Wildman–Crippen LogP) is 4.51. The number of amides is 1. The molecule has 0 fully saturated rings. The third-order valence-electron chi connectivity index (χ3n) is 5.22. The number of nitrogens with zero attached hydrogens (tertiary/aromatic N) is 2. The number of para-hydroxylation sites is 2. The number of anilines is 2. The summed E-state index contributed by atoms with van der Waals surface area (Å²) in [4.78, 5) is 39.2. The van der Waals surface area contributed by atoms with Gasteiger partial charge in [-0.25, -0.2) is 9.59 Å². The Morgan fingerprint density at radius 1 is 0.906 bits per heavy atom. The second kappa shape index (κ2) is 8.39. The lowest BCUT2D eigenvalue weighted by atomic mass is 10.0. The van der Waals surface area contributed by atoms with Gasteiger partial charge in [-0.3, -0.25) is 9.36 Å². The highest BCUT2D eigenvalue weighted by atomic mass is 16.4. The Labute approximate surface area is 184 Å². The number of carboxylic acids is 1. The molecule has 7 nitrogen and oxygen atoms in total. The molecule has 1 aromatic heterocycles. The largest absolute Gasteiger partial charge is 0.477 e. The van der Waals surface area contributed by atoms with E-state index in [-0.39, 0.29) is 5.39 Å². The van der Waals surface area contributed by atoms with Gasteiger partial charge in [-0.15, -0.1) is 0 Å². The number of pyridine rings is 1. The topological polar surface area (TPSA) is 91.6 Å². The Bertz CT molecular complexity index is 1390. The number of hydrogen-bond donors (Lipinski definition) is 2. The smallest absolute Gasteiger partial charge is 0.341 e. The van der Waals surface area contributed by atoms with Crippen LogP contribution in [-0.2, 0) is 0 Å². The van der Waals surface area contributed by atoms with Crippen molar-refractivity contribution in [3.8, 4) is 11.1 Å². The third kappa shape index (κ3) is 3.83. The van der Waals surface area contributed by atoms with Crippen molar-refractivity contribution < 1.29 is 14.7 Å². The molecule has 0 spiro atoms. The number of carbonyl (C=O) groups excluding carboxylic acids is 1. The van der Waals surface area contributed by atoms with E-state index in [1.54, 1.807) is 30.3 Å². The number of rotatable bonds is 4. The van der Waals surface area contributed by atoms with Crippen molar-refractivity contribution in [1.82, 2.24) is 4.57 Å². The van der Waals surface area contributed by atoms with Crippen LogP contribution in [0, 0.1) is 0 Å². The number of benzene rings is 3. The molecule has 0 saturated heterocycles. The van der Waals surface area contributed by atoms with Gasteiger partial charge in [0.2, 0.25) is 5.43 Å². The van der Waals surface area contributed by atoms with Crippen molar-refractivity contribution in [2.24, 2.45) is 0 Å². The number of fused-ring (bicyclic) bond motifs is 1. The molecule has 0 unspecified atom stereocenters. The van der Waals surface area contributed by atoms with Crippen molar-refractivity contribution in [1.29, 1.82) is 0 Å². The molecule has 0 aliphatic heterocycles. The zero-order chi connectivity index (χ0) is 22.8. The zero-order valence-corrected chi connectivity index (χ0v) is 17.6. The number of aromatic carboxylic acids is 1. The Kier molecular flexibility index (Phi) is 5.47. The van der Waals surface area contributed by atoms with Crippen LogP contribution in [0.4, 0.5) is 16.2 Å². The fraction of sp³-hybridized carbons (Fsp3) is 0.0800. The second-order valence-corrected chi connectivity index (χ2v) is 7.48. The molecule has 0 bridgehead atoms. The first-order valence-corrected chi connectivity index (χ1v) is 9.92. The van der Waals surface area contributed by atoms with Crippen LogP contribution in [0.2, 0.25) is 0 Å². The highest BCUT2D eigenvalue weighted by Gasteiger charge is 2.18. The standard InChI is InChI=1S/C25H21N3O4/c1-27(2)17-13-11-16(12-14-17)18-7-3-5-9-21(18)26-25(32)28-15-20(24(30)31)23(29)19-8-4-6-10-22(19)28/h3-15H,1-2H3,(H,26,32)(H,30,31). The van der Waals surface area contributed by atoms with Crippen LogP contribution < -0.4 is 15.6 Å². The van der Waals surface area contributed by atoms with Crippen LogP contribution in [0.25, 0.3) is 22.0 Å². The number of nitrogens with one attached hydrogen (secondary N) is 1. The molecule has 4 aromatic rings. The second-order valence-electron chi connectivity index (χ2n) is 7.48. The monoisotopic (exact) mass is 427 g/mol. The van der Waals surface area contributed by atoms with Gasteiger partial charge in [-0.05, 0) is 35.9 Å². The molecule has 0 saturated carbocycles. The molecule has 32 heavy (non-hydrogen) atoms. The summed E-state index contributed by atoms with van der Waals surface area (Å²) >= 11 is 0. The molecular weight excluding hydrogens is 406 g/mol. The molecule has 0 atom stereocenters. The first-order valence-electron chi connectivity index (χ1n) is 9.92. The summed E-state index contributed by atoms with van der Waals surface area (Å²) < 4.78 is 1.16. The van der Waals surface area contributed by atoms with E-state index in [4.69, 9.17) is 0 Å². The SMILES string of the molecule is CN(C)c1ccc(-c2ccccc2NC(=O)n2cc(C(=O)O)c(=O)c3ccccc32)cc1. The number of hydrogen-bond acceptors (Lipinski definition) is 4. The molecule has 0 aliphatic rings. The van der Waals surface area contributed by atoms with Gasteiger partial charge in [0.1, 0.15) is 5.56 Å². The van der Waals surface area contributed by atoms with Crippen molar-refractivity contribution in [3.63, 3.8) is 0 Å². The normalized spacial score (nSPS) is 10.7. The summed E-state index contributed by atoms with van der Waals surface area (Å²) in [7, 11) is 3.92. The molecule has 0 radical (unpaired) electrons. The van der Waals surface area contributed by atoms with Gasteiger partial charge in [-0.2, -0.15) is 0 Å². The fourth-order valence-electron chi connectivity index (χ4n) is 3.56. The van der Waals surface area contributed by atoms with Gasteiger partial charge in [0, 0.05) is 36.9 Å². The first-order chi connectivity index (χ1) is 15.4. The molecule has 2 N–H and O–H groups in total. The van der Waals surface area contributed by atoms with E-state index in [0.717, 1.165) is 27.6 Å². The maximum atomic E-state index is 13.2. The maximum absolute atomic E-state index is 13.2. The van der Waals surface area contributed by atoms with Crippen molar-refractivity contribution >= 4 is 34.3 Å². The lowest BCUT2D eigenvalue weighted by Gasteiger charge is -2.16. The van der Waals surface area contributed by atoms with E-state index in [1.165, 1.54) is 6.07 Å². The van der Waals surface area contributed by atoms with E-state index in [2.05, 4.69) is 5.32 Å². The quantitative estimate of drug-likeness (QED) is 0.500. The average molecular weight is 427 g/mol. The van der Waals surface area contributed by atoms with Gasteiger partial charge >= 0.3 is 12.0 Å². The third-order valence-corrected chi connectivity index (χ3v) is 5.22. The molecule has 7 heteroatoms. The van der Waals surface area contributed by atoms with Gasteiger partial charge in [0.15, 0.2) is 0 Å². The minimum atomic E-state index is -1.39. The summed E-state index contributed by atoms with van der Waals surface area (Å²) in [5.41, 5.74) is 2.58. The zero-order valence-electron chi connectivity index (χ0n) is 17.6. The molecule has 0 aliphatic carbocycles. The fourth-order valence-corrected chi connectivity index (χ4v) is 3.56. The summed E-state index contributed by atoms with van der Waals surface area (Å²) in [6, 6.07) is 21.1. The van der Waals surface area contributed by atoms with Crippen molar-refractivity contribution in [2.45, 2.75) is 0 Å². The van der Waals surface area contributed by atoms with Gasteiger partial charge in [0.05, 0.1) is 11.2 Å². The lowest BCUT2D eigenvalue weighted by molar-refractivity contribution is 0.0695. The molecule has 1 amide bonds. The average Bonchev–Trinajstić information content (AvgIpc) is 2.79. The minimum Gasteiger partial charge on any atom is -0.477 e. The van der Waals surface area contributed by atoms with E-state index in [9.17, 15) is 19.5 Å². The van der Waals surface area contributed by atoms with Crippen LogP contribution in [-0.4, -0.2) is 35.8 Å². The summed E-state index contributed by atoms with van der Waals surface area (Å²) in [6.07, 6.45) is 1.07. The first kappa shape index (κ1) is 20.9. The van der Waals surface area contributed by atoms with E-state index >= 15 is 0 Å². The van der Waals surface area contributed by atoms with Crippen LogP contribution in [0.15, 0.2) is 83.8 Å². The lowest BCUT2D eigenvalue weighted by Crippen LogP contribution is -2.25. The highest BCUT2D eigenvalue weighted by Crippen LogP contribution is 2.29. The summed E-state index contributed by atoms with van der Waals surface area (Å²) in [6.45, 7) is 0. The molecule has 4 rings (SSSR count). The minimum absolute atomic E-state index is 0.162. The van der Waals surface area contributed by atoms with Gasteiger partial charge in [-0.1, -0.05) is 42.5 Å². The Morgan fingerprint density at radius 2 is 1.56 bits per heavy atom. The Morgan fingerprint density at radius 3 is 2.25 bits per heavy atom. The highest BCUT2D eigenvalue weighted by molar-refractivity contribution is 6.02. The van der Waals surface area contributed by atoms with Crippen molar-refractivity contribution in [2.75, 3.05) is 24.3 Å². The molecule has 1 heterocycles. The maximum Gasteiger partial charge on any atom is 0.341 e. The van der Waals surface area contributed by atoms with Gasteiger partial charge < -0.3 is 15.3 Å². The predicted molar refractivity (Wildman–Crippen MR) is 126 cm³/mol. The molecule has 3 aromatic carbocycles. The van der Waals surface area contributed by atoms with Crippen LogP contribution >= 0.6 is 0 Å². The Hall–Kier alpha value is -4.39. The number of aromatic nitrogens is 1. The van der Waals surface area contributed by atoms with E-state index in [1.807, 2.05) is 55.4 Å². The molecule has 160 valence electrons. The van der Waals surface area contributed by atoms with E-state index < -0.39 is 23.0 Å². The van der Waals surface area contributed by atoms with Crippen LogP contribution in [0.3, 0.4) is 0 Å². The van der Waals surface area contributed by atoms with Gasteiger partial charge in [0.25, 0.3) is 0 Å². The Balaban J connectivity index is 1.76. The van der Waals surface area contributed by atoms with Crippen LogP contribution in [0.5, 0.6) is 0 Å². The summed E-state index contributed by atoms with van der Waals surface area (Å²) in [5, 5.41) is 12.4. The molecular formula is C25H21N3O4. The number of carbonyl (C=O) groups is 2. The van der Waals surface area contributed by atoms with E-state index in [0.29, 0.717) is 11.2 Å². The summed E-state index contributed by atoms with van der Waals surface area (Å²) in [5.74, 6) is -1.39. The number of carboxylic acid groups (broad SMARTS) is 1. The van der Waals surface area contributed by atoms with Crippen molar-refractivity contribution in [3.05, 3.63) is 94.8 Å².